The number of alkyl halides is 1. The molecule has 0 N–H and O–H groups in total. The topological polar surface area (TPSA) is 66.9 Å². The Kier molecular flexibility index (Phi) is 5.31. The van der Waals surface area contributed by atoms with Crippen LogP contribution < -0.4 is 9.64 Å². The number of carbonyl (C=O) groups excluding carboxylic acids is 1. The van der Waals surface area contributed by atoms with Gasteiger partial charge in [-0.25, -0.2) is 12.8 Å². The molecular weight excluding hydrogens is 395 g/mol. The zero-order chi connectivity index (χ0) is 20.6. The van der Waals surface area contributed by atoms with Crippen LogP contribution in [0.2, 0.25) is 0 Å². The standard InChI is InChI=1S/C21H23FN2O4S/c1-2-28-17-7-9-18(10-8-17)29(26,27)24-14-16(22)13-20(24)21(25)23-12-11-15-5-3-4-6-19(15)23/h3-10,16,20H,2,11-14H2,1H3. The Morgan fingerprint density at radius 2 is 1.90 bits per heavy atom. The first-order valence-electron chi connectivity index (χ1n) is 9.70. The highest BCUT2D eigenvalue weighted by molar-refractivity contribution is 7.89. The number of carbonyl (C=O) groups is 1. The minimum atomic E-state index is -4.01. The van der Waals surface area contributed by atoms with Crippen LogP contribution in [-0.4, -0.2) is 50.5 Å². The lowest BCUT2D eigenvalue weighted by molar-refractivity contribution is -0.121. The highest BCUT2D eigenvalue weighted by atomic mass is 32.2. The number of rotatable bonds is 5. The van der Waals surface area contributed by atoms with Gasteiger partial charge in [-0.2, -0.15) is 4.31 Å². The number of hydrogen-bond acceptors (Lipinski definition) is 4. The van der Waals surface area contributed by atoms with Crippen LogP contribution in [0.3, 0.4) is 0 Å². The first-order valence-corrected chi connectivity index (χ1v) is 11.1. The molecule has 1 fully saturated rings. The Balaban J connectivity index is 1.62. The van der Waals surface area contributed by atoms with Gasteiger partial charge in [-0.15, -0.1) is 0 Å². The number of anilines is 1. The molecule has 2 unspecified atom stereocenters. The molecule has 2 atom stereocenters. The Hall–Kier alpha value is -2.45. The van der Waals surface area contributed by atoms with Crippen molar-refractivity contribution in [3.8, 4) is 5.75 Å². The summed E-state index contributed by atoms with van der Waals surface area (Å²) in [6.45, 7) is 2.46. The Morgan fingerprint density at radius 3 is 2.62 bits per heavy atom. The highest BCUT2D eigenvalue weighted by Crippen LogP contribution is 2.34. The van der Waals surface area contributed by atoms with Crippen LogP contribution in [0, 0.1) is 0 Å². The monoisotopic (exact) mass is 418 g/mol. The molecule has 0 aliphatic carbocycles. The summed E-state index contributed by atoms with van der Waals surface area (Å²) < 4.78 is 47.0. The Labute approximate surface area is 169 Å². The predicted molar refractivity (Wildman–Crippen MR) is 107 cm³/mol. The van der Waals surface area contributed by atoms with E-state index in [1.807, 2.05) is 31.2 Å². The predicted octanol–water partition coefficient (Wildman–Crippen LogP) is 2.78. The molecule has 2 aromatic rings. The molecule has 29 heavy (non-hydrogen) atoms. The van der Waals surface area contributed by atoms with Gasteiger partial charge >= 0.3 is 0 Å². The van der Waals surface area contributed by atoms with Crippen LogP contribution in [-0.2, 0) is 21.2 Å². The first kappa shape index (κ1) is 19.8. The van der Waals surface area contributed by atoms with Gasteiger partial charge < -0.3 is 9.64 Å². The molecule has 2 aliphatic rings. The van der Waals surface area contributed by atoms with Crippen molar-refractivity contribution in [1.82, 2.24) is 4.31 Å². The van der Waals surface area contributed by atoms with E-state index in [4.69, 9.17) is 4.74 Å². The normalized spacial score (nSPS) is 21.9. The van der Waals surface area contributed by atoms with Gasteiger partial charge in [-0.05, 0) is 49.2 Å². The summed E-state index contributed by atoms with van der Waals surface area (Å²) in [4.78, 5) is 14.8. The second-order valence-electron chi connectivity index (χ2n) is 7.20. The maximum atomic E-state index is 14.3. The third-order valence-electron chi connectivity index (χ3n) is 5.38. The van der Waals surface area contributed by atoms with Crippen LogP contribution >= 0.6 is 0 Å². The number of nitrogens with zero attached hydrogens (tertiary/aromatic N) is 2. The van der Waals surface area contributed by atoms with E-state index >= 15 is 0 Å². The van der Waals surface area contributed by atoms with Crippen molar-refractivity contribution in [1.29, 1.82) is 0 Å². The van der Waals surface area contributed by atoms with E-state index in [1.165, 1.54) is 12.1 Å². The third-order valence-corrected chi connectivity index (χ3v) is 7.27. The minimum Gasteiger partial charge on any atom is -0.494 e. The molecule has 0 saturated carbocycles. The molecule has 6 nitrogen and oxygen atoms in total. The number of para-hydroxylation sites is 1. The average molecular weight is 418 g/mol. The van der Waals surface area contributed by atoms with Gasteiger partial charge in [0.05, 0.1) is 11.5 Å². The second-order valence-corrected chi connectivity index (χ2v) is 9.09. The van der Waals surface area contributed by atoms with Crippen molar-refractivity contribution >= 4 is 21.6 Å². The zero-order valence-corrected chi connectivity index (χ0v) is 16.9. The van der Waals surface area contributed by atoms with E-state index in [9.17, 15) is 17.6 Å². The molecule has 2 aliphatic heterocycles. The van der Waals surface area contributed by atoms with Crippen LogP contribution in [0.15, 0.2) is 53.4 Å². The molecule has 8 heteroatoms. The fourth-order valence-corrected chi connectivity index (χ4v) is 5.62. The van der Waals surface area contributed by atoms with Crippen molar-refractivity contribution in [2.24, 2.45) is 0 Å². The molecule has 0 spiro atoms. The van der Waals surface area contributed by atoms with E-state index in [-0.39, 0.29) is 23.8 Å². The summed E-state index contributed by atoms with van der Waals surface area (Å²) in [6, 6.07) is 12.5. The lowest BCUT2D eigenvalue weighted by Crippen LogP contribution is -2.47. The van der Waals surface area contributed by atoms with Crippen LogP contribution in [0.1, 0.15) is 18.9 Å². The summed E-state index contributed by atoms with van der Waals surface area (Å²) in [6.07, 6.45) is -0.799. The van der Waals surface area contributed by atoms with Crippen LogP contribution in [0.4, 0.5) is 10.1 Å². The van der Waals surface area contributed by atoms with E-state index in [0.29, 0.717) is 25.3 Å². The van der Waals surface area contributed by atoms with Crippen molar-refractivity contribution in [2.45, 2.75) is 36.9 Å². The third kappa shape index (κ3) is 3.62. The largest absolute Gasteiger partial charge is 0.494 e. The molecule has 2 aromatic carbocycles. The maximum absolute atomic E-state index is 14.3. The van der Waals surface area contributed by atoms with Gasteiger partial charge in [0.2, 0.25) is 15.9 Å². The van der Waals surface area contributed by atoms with E-state index in [2.05, 4.69) is 0 Å². The fourth-order valence-electron chi connectivity index (χ4n) is 4.00. The molecule has 0 bridgehead atoms. The summed E-state index contributed by atoms with van der Waals surface area (Å²) >= 11 is 0. The molecule has 154 valence electrons. The molecule has 1 saturated heterocycles. The Morgan fingerprint density at radius 1 is 1.17 bits per heavy atom. The van der Waals surface area contributed by atoms with Gasteiger partial charge in [0, 0.05) is 25.2 Å². The number of amides is 1. The average Bonchev–Trinajstić information content (AvgIpc) is 3.32. The summed E-state index contributed by atoms with van der Waals surface area (Å²) in [5, 5.41) is 0. The quantitative estimate of drug-likeness (QED) is 0.749. The van der Waals surface area contributed by atoms with E-state index in [1.54, 1.807) is 17.0 Å². The number of ether oxygens (including phenoxy) is 1. The lowest BCUT2D eigenvalue weighted by Gasteiger charge is -2.27. The van der Waals surface area contributed by atoms with Gasteiger partial charge in [-0.1, -0.05) is 18.2 Å². The molecule has 1 amide bonds. The fraction of sp³-hybridized carbons (Fsp3) is 0.381. The number of sulfonamides is 1. The summed E-state index contributed by atoms with van der Waals surface area (Å²) in [7, 11) is -4.01. The van der Waals surface area contributed by atoms with Gasteiger partial charge in [0.1, 0.15) is 18.0 Å². The van der Waals surface area contributed by atoms with Gasteiger partial charge in [0.25, 0.3) is 0 Å². The molecule has 0 radical (unpaired) electrons. The zero-order valence-electron chi connectivity index (χ0n) is 16.1. The maximum Gasteiger partial charge on any atom is 0.245 e. The Bertz CT molecular complexity index is 1010. The summed E-state index contributed by atoms with van der Waals surface area (Å²) in [5.74, 6) is 0.183. The SMILES string of the molecule is CCOc1ccc(S(=O)(=O)N2CC(F)CC2C(=O)N2CCc3ccccc32)cc1. The number of fused-ring (bicyclic) bond motifs is 1. The van der Waals surface area contributed by atoms with Crippen molar-refractivity contribution in [3.63, 3.8) is 0 Å². The van der Waals surface area contributed by atoms with Crippen LogP contribution in [0.5, 0.6) is 5.75 Å². The lowest BCUT2D eigenvalue weighted by atomic mass is 10.1. The summed E-state index contributed by atoms with van der Waals surface area (Å²) in [5.41, 5.74) is 1.81. The van der Waals surface area contributed by atoms with E-state index < -0.39 is 22.2 Å². The second kappa shape index (κ2) is 7.76. The molecular formula is C21H23FN2O4S. The highest BCUT2D eigenvalue weighted by Gasteiger charge is 2.46. The molecule has 0 aromatic heterocycles. The minimum absolute atomic E-state index is 0.0228. The molecule has 4 rings (SSSR count). The van der Waals surface area contributed by atoms with E-state index in [0.717, 1.165) is 15.6 Å². The number of halogens is 1. The van der Waals surface area contributed by atoms with Crippen molar-refractivity contribution in [2.75, 3.05) is 24.6 Å². The molecule has 2 heterocycles. The van der Waals surface area contributed by atoms with Gasteiger partial charge in [-0.3, -0.25) is 4.79 Å². The number of hydrogen-bond donors (Lipinski definition) is 0. The van der Waals surface area contributed by atoms with Crippen molar-refractivity contribution in [3.05, 3.63) is 54.1 Å². The van der Waals surface area contributed by atoms with Crippen molar-refractivity contribution < 1.29 is 22.3 Å². The number of benzene rings is 2. The van der Waals surface area contributed by atoms with Gasteiger partial charge in [0.15, 0.2) is 0 Å². The first-order chi connectivity index (χ1) is 13.9. The smallest absolute Gasteiger partial charge is 0.245 e. The van der Waals surface area contributed by atoms with Crippen LogP contribution in [0.25, 0.3) is 0 Å².